The van der Waals surface area contributed by atoms with E-state index in [4.69, 9.17) is 10.5 Å². The van der Waals surface area contributed by atoms with Gasteiger partial charge in [0.25, 0.3) is 5.91 Å². The van der Waals surface area contributed by atoms with Crippen LogP contribution in [0, 0.1) is 5.92 Å². The summed E-state index contributed by atoms with van der Waals surface area (Å²) >= 11 is 0. The van der Waals surface area contributed by atoms with Crippen molar-refractivity contribution >= 4 is 24.2 Å². The number of hydrogen-bond acceptors (Lipinski definition) is 5. The quantitative estimate of drug-likeness (QED) is 0.806. The summed E-state index contributed by atoms with van der Waals surface area (Å²) in [4.78, 5) is 28.6. The molecule has 1 aromatic rings. The second-order valence-corrected chi connectivity index (χ2v) is 6.64. The lowest BCUT2D eigenvalue weighted by molar-refractivity contribution is -0.136. The van der Waals surface area contributed by atoms with Crippen LogP contribution in [-0.4, -0.2) is 72.2 Å². The Hall–Kier alpha value is -1.83. The molecule has 7 nitrogen and oxygen atoms in total. The third-order valence-corrected chi connectivity index (χ3v) is 5.05. The molecule has 2 saturated heterocycles. The maximum atomic E-state index is 12.6. The number of halogens is 1. The summed E-state index contributed by atoms with van der Waals surface area (Å²) in [5.74, 6) is 0.205. The Morgan fingerprint density at radius 2 is 1.58 bits per heavy atom. The summed E-state index contributed by atoms with van der Waals surface area (Å²) in [7, 11) is 0. The van der Waals surface area contributed by atoms with Crippen molar-refractivity contribution in [3.63, 3.8) is 0 Å². The molecule has 0 radical (unpaired) electrons. The van der Waals surface area contributed by atoms with E-state index in [0.29, 0.717) is 45.0 Å². The van der Waals surface area contributed by atoms with Crippen molar-refractivity contribution < 1.29 is 19.4 Å². The normalized spacial score (nSPS) is 19.6. The van der Waals surface area contributed by atoms with Crippen molar-refractivity contribution in [2.75, 3.05) is 39.4 Å². The molecule has 0 aliphatic carbocycles. The average molecular weight is 384 g/mol. The highest BCUT2D eigenvalue weighted by Crippen LogP contribution is 2.20. The zero-order chi connectivity index (χ0) is 17.8. The fourth-order valence-electron chi connectivity index (χ4n) is 3.40. The van der Waals surface area contributed by atoms with Crippen LogP contribution < -0.4 is 5.73 Å². The van der Waals surface area contributed by atoms with E-state index in [1.807, 2.05) is 0 Å². The molecular formula is C18H26ClN3O4. The number of aromatic hydroxyl groups is 1. The second kappa shape index (κ2) is 9.21. The van der Waals surface area contributed by atoms with Crippen molar-refractivity contribution in [2.24, 2.45) is 11.7 Å². The van der Waals surface area contributed by atoms with Crippen LogP contribution in [0.3, 0.4) is 0 Å². The Morgan fingerprint density at radius 1 is 1.04 bits per heavy atom. The predicted octanol–water partition coefficient (Wildman–Crippen LogP) is 0.852. The van der Waals surface area contributed by atoms with E-state index in [0.717, 1.165) is 12.8 Å². The number of phenols is 1. The smallest absolute Gasteiger partial charge is 0.253 e. The van der Waals surface area contributed by atoms with Gasteiger partial charge in [0.2, 0.25) is 5.91 Å². The molecule has 144 valence electrons. The molecule has 1 atom stereocenters. The van der Waals surface area contributed by atoms with Gasteiger partial charge in [-0.15, -0.1) is 12.4 Å². The average Bonchev–Trinajstić information content (AvgIpc) is 2.67. The lowest BCUT2D eigenvalue weighted by Gasteiger charge is -2.37. The zero-order valence-electron chi connectivity index (χ0n) is 14.7. The Balaban J connectivity index is 0.00000243. The SMILES string of the molecule is Cl.NC(C(=O)N1CCN(C(=O)c2ccc(O)cc2)CC1)C1CCOCC1. The number of rotatable bonds is 3. The summed E-state index contributed by atoms with van der Waals surface area (Å²) in [5, 5.41) is 9.32. The van der Waals surface area contributed by atoms with E-state index in [1.54, 1.807) is 21.9 Å². The summed E-state index contributed by atoms with van der Waals surface area (Å²) < 4.78 is 5.32. The molecule has 1 unspecified atom stereocenters. The van der Waals surface area contributed by atoms with Crippen molar-refractivity contribution in [2.45, 2.75) is 18.9 Å². The number of ether oxygens (including phenoxy) is 1. The zero-order valence-corrected chi connectivity index (χ0v) is 15.5. The first kappa shape index (κ1) is 20.5. The minimum atomic E-state index is -0.483. The van der Waals surface area contributed by atoms with Gasteiger partial charge in [-0.05, 0) is 43.0 Å². The van der Waals surface area contributed by atoms with Gasteiger partial charge in [-0.3, -0.25) is 9.59 Å². The fraction of sp³-hybridized carbons (Fsp3) is 0.556. The predicted molar refractivity (Wildman–Crippen MR) is 99.4 cm³/mol. The Kier molecular flexibility index (Phi) is 7.25. The highest BCUT2D eigenvalue weighted by molar-refractivity contribution is 5.94. The maximum absolute atomic E-state index is 12.6. The van der Waals surface area contributed by atoms with Crippen molar-refractivity contribution in [1.82, 2.24) is 9.80 Å². The molecule has 26 heavy (non-hydrogen) atoms. The second-order valence-electron chi connectivity index (χ2n) is 6.64. The molecule has 3 rings (SSSR count). The first-order valence-electron chi connectivity index (χ1n) is 8.76. The van der Waals surface area contributed by atoms with Gasteiger partial charge in [-0.1, -0.05) is 0 Å². The largest absolute Gasteiger partial charge is 0.508 e. The van der Waals surface area contributed by atoms with Gasteiger partial charge < -0.3 is 25.4 Å². The van der Waals surface area contributed by atoms with Crippen molar-refractivity contribution in [3.8, 4) is 5.75 Å². The third kappa shape index (κ3) is 4.66. The number of amides is 2. The number of carbonyl (C=O) groups is 2. The number of benzene rings is 1. The Labute approximate surface area is 159 Å². The van der Waals surface area contributed by atoms with Crippen molar-refractivity contribution in [3.05, 3.63) is 29.8 Å². The maximum Gasteiger partial charge on any atom is 0.253 e. The first-order chi connectivity index (χ1) is 12.1. The molecule has 0 saturated carbocycles. The Bertz CT molecular complexity index is 611. The molecule has 8 heteroatoms. The molecule has 2 heterocycles. The molecule has 1 aromatic carbocycles. The van der Waals surface area contributed by atoms with E-state index < -0.39 is 6.04 Å². The van der Waals surface area contributed by atoms with Gasteiger partial charge in [0.05, 0.1) is 6.04 Å². The van der Waals surface area contributed by atoms with E-state index in [-0.39, 0.29) is 35.9 Å². The fourth-order valence-corrected chi connectivity index (χ4v) is 3.40. The number of phenolic OH excluding ortho intramolecular Hbond substituents is 1. The van der Waals surface area contributed by atoms with Crippen LogP contribution in [-0.2, 0) is 9.53 Å². The van der Waals surface area contributed by atoms with E-state index in [2.05, 4.69) is 0 Å². The number of piperazine rings is 1. The lowest BCUT2D eigenvalue weighted by atomic mass is 9.91. The summed E-state index contributed by atoms with van der Waals surface area (Å²) in [6.45, 7) is 3.32. The van der Waals surface area contributed by atoms with Gasteiger partial charge >= 0.3 is 0 Å². The van der Waals surface area contributed by atoms with Crippen LogP contribution in [0.2, 0.25) is 0 Å². The molecule has 2 amide bonds. The summed E-state index contributed by atoms with van der Waals surface area (Å²) in [6.07, 6.45) is 1.65. The minimum Gasteiger partial charge on any atom is -0.508 e. The molecule has 2 fully saturated rings. The highest BCUT2D eigenvalue weighted by Gasteiger charge is 2.32. The van der Waals surface area contributed by atoms with Gasteiger partial charge in [0, 0.05) is 45.0 Å². The summed E-state index contributed by atoms with van der Waals surface area (Å²) in [6, 6.07) is 5.73. The standard InChI is InChI=1S/C18H25N3O4.ClH/c19-16(13-5-11-25-12-6-13)18(24)21-9-7-20(8-10-21)17(23)14-1-3-15(22)4-2-14;/h1-4,13,16,22H,5-12,19H2;1H. The van der Waals surface area contributed by atoms with Crippen LogP contribution in [0.4, 0.5) is 0 Å². The van der Waals surface area contributed by atoms with Gasteiger partial charge in [-0.2, -0.15) is 0 Å². The van der Waals surface area contributed by atoms with Crippen LogP contribution in [0.1, 0.15) is 23.2 Å². The molecule has 0 aromatic heterocycles. The number of nitrogens with two attached hydrogens (primary N) is 1. The van der Waals surface area contributed by atoms with Crippen molar-refractivity contribution in [1.29, 1.82) is 0 Å². The molecular weight excluding hydrogens is 358 g/mol. The lowest BCUT2D eigenvalue weighted by Crippen LogP contribution is -2.56. The Morgan fingerprint density at radius 3 is 2.15 bits per heavy atom. The van der Waals surface area contributed by atoms with Gasteiger partial charge in [0.1, 0.15) is 5.75 Å². The van der Waals surface area contributed by atoms with Crippen LogP contribution in [0.25, 0.3) is 0 Å². The monoisotopic (exact) mass is 383 g/mol. The number of carbonyl (C=O) groups excluding carboxylic acids is 2. The molecule has 0 spiro atoms. The van der Waals surface area contributed by atoms with Gasteiger partial charge in [0.15, 0.2) is 0 Å². The van der Waals surface area contributed by atoms with Crippen LogP contribution >= 0.6 is 12.4 Å². The third-order valence-electron chi connectivity index (χ3n) is 5.05. The number of nitrogens with zero attached hydrogens (tertiary/aromatic N) is 2. The van der Waals surface area contributed by atoms with E-state index >= 15 is 0 Å². The van der Waals surface area contributed by atoms with E-state index in [1.165, 1.54) is 12.1 Å². The minimum absolute atomic E-state index is 0. The molecule has 3 N–H and O–H groups in total. The van der Waals surface area contributed by atoms with E-state index in [9.17, 15) is 14.7 Å². The first-order valence-corrected chi connectivity index (χ1v) is 8.76. The van der Waals surface area contributed by atoms with Crippen LogP contribution in [0.5, 0.6) is 5.75 Å². The van der Waals surface area contributed by atoms with Crippen LogP contribution in [0.15, 0.2) is 24.3 Å². The molecule has 2 aliphatic heterocycles. The summed E-state index contributed by atoms with van der Waals surface area (Å²) in [5.41, 5.74) is 6.71. The number of hydrogen-bond donors (Lipinski definition) is 2. The molecule has 2 aliphatic rings. The highest BCUT2D eigenvalue weighted by atomic mass is 35.5. The topological polar surface area (TPSA) is 96.1 Å². The van der Waals surface area contributed by atoms with Gasteiger partial charge in [-0.25, -0.2) is 0 Å². The molecule has 0 bridgehead atoms.